The van der Waals surface area contributed by atoms with Crippen LogP contribution in [0.5, 0.6) is 0 Å². The second-order valence-electron chi connectivity index (χ2n) is 5.68. The van der Waals surface area contributed by atoms with Crippen LogP contribution in [0.15, 0.2) is 18.2 Å². The zero-order valence-electron chi connectivity index (χ0n) is 11.9. The van der Waals surface area contributed by atoms with Crippen LogP contribution in [0, 0.1) is 19.8 Å². The summed E-state index contributed by atoms with van der Waals surface area (Å²) in [7, 11) is 0. The first-order valence-electron chi connectivity index (χ1n) is 7.16. The third-order valence-electron chi connectivity index (χ3n) is 4.16. The standard InChI is InChI=1S/C16H24N2O/c1-11-4-3-5-12(2)15(11)8-9-18-16(19)13-6-7-14(17)10-13/h3-5,13-14H,6-10,17H2,1-2H3,(H,18,19). The van der Waals surface area contributed by atoms with Gasteiger partial charge in [-0.1, -0.05) is 18.2 Å². The molecule has 1 aromatic rings. The topological polar surface area (TPSA) is 55.1 Å². The molecule has 1 aliphatic rings. The molecule has 3 heteroatoms. The van der Waals surface area contributed by atoms with Gasteiger partial charge in [0.2, 0.25) is 5.91 Å². The van der Waals surface area contributed by atoms with Crippen molar-refractivity contribution in [3.8, 4) is 0 Å². The van der Waals surface area contributed by atoms with Crippen LogP contribution in [0.3, 0.4) is 0 Å². The molecule has 0 bridgehead atoms. The number of carbonyl (C=O) groups is 1. The van der Waals surface area contributed by atoms with E-state index >= 15 is 0 Å². The molecule has 1 fully saturated rings. The molecule has 0 aliphatic heterocycles. The molecule has 2 unspecified atom stereocenters. The van der Waals surface area contributed by atoms with Crippen LogP contribution in [-0.4, -0.2) is 18.5 Å². The Hall–Kier alpha value is -1.35. The van der Waals surface area contributed by atoms with Gasteiger partial charge in [-0.25, -0.2) is 0 Å². The van der Waals surface area contributed by atoms with Gasteiger partial charge in [-0.15, -0.1) is 0 Å². The average molecular weight is 260 g/mol. The lowest BCUT2D eigenvalue weighted by Gasteiger charge is -2.13. The summed E-state index contributed by atoms with van der Waals surface area (Å²) < 4.78 is 0. The number of nitrogens with one attached hydrogen (secondary N) is 1. The van der Waals surface area contributed by atoms with Gasteiger partial charge in [0.1, 0.15) is 0 Å². The summed E-state index contributed by atoms with van der Waals surface area (Å²) in [4.78, 5) is 12.0. The minimum atomic E-state index is 0.132. The summed E-state index contributed by atoms with van der Waals surface area (Å²) in [5.74, 6) is 0.312. The largest absolute Gasteiger partial charge is 0.356 e. The lowest BCUT2D eigenvalue weighted by Crippen LogP contribution is -2.32. The summed E-state index contributed by atoms with van der Waals surface area (Å²) in [5, 5.41) is 3.05. The summed E-state index contributed by atoms with van der Waals surface area (Å²) >= 11 is 0. The Balaban J connectivity index is 1.82. The minimum Gasteiger partial charge on any atom is -0.356 e. The third kappa shape index (κ3) is 3.57. The van der Waals surface area contributed by atoms with E-state index < -0.39 is 0 Å². The Morgan fingerprint density at radius 3 is 2.58 bits per heavy atom. The second-order valence-corrected chi connectivity index (χ2v) is 5.68. The van der Waals surface area contributed by atoms with Gasteiger partial charge in [0.15, 0.2) is 0 Å². The summed E-state index contributed by atoms with van der Waals surface area (Å²) in [6.45, 7) is 4.97. The maximum Gasteiger partial charge on any atom is 0.223 e. The van der Waals surface area contributed by atoms with Gasteiger partial charge in [-0.3, -0.25) is 4.79 Å². The first-order valence-corrected chi connectivity index (χ1v) is 7.16. The Labute approximate surface area is 115 Å². The fourth-order valence-corrected chi connectivity index (χ4v) is 2.95. The highest BCUT2D eigenvalue weighted by molar-refractivity contribution is 5.79. The molecule has 0 saturated heterocycles. The molecule has 3 N–H and O–H groups in total. The summed E-state index contributed by atoms with van der Waals surface area (Å²) in [5.41, 5.74) is 9.80. The normalized spacial score (nSPS) is 22.5. The molecule has 1 amide bonds. The summed E-state index contributed by atoms with van der Waals surface area (Å²) in [6.07, 6.45) is 3.67. The van der Waals surface area contributed by atoms with E-state index in [-0.39, 0.29) is 17.9 Å². The molecule has 0 radical (unpaired) electrons. The maximum atomic E-state index is 12.0. The van der Waals surface area contributed by atoms with Crippen molar-refractivity contribution in [1.82, 2.24) is 5.32 Å². The van der Waals surface area contributed by atoms with Gasteiger partial charge in [0.25, 0.3) is 0 Å². The Bertz CT molecular complexity index is 436. The van der Waals surface area contributed by atoms with Crippen molar-refractivity contribution in [3.63, 3.8) is 0 Å². The predicted molar refractivity (Wildman–Crippen MR) is 77.9 cm³/mol. The molecule has 1 saturated carbocycles. The Morgan fingerprint density at radius 1 is 1.32 bits per heavy atom. The van der Waals surface area contributed by atoms with Gasteiger partial charge in [-0.05, 0) is 56.2 Å². The van der Waals surface area contributed by atoms with Crippen molar-refractivity contribution >= 4 is 5.91 Å². The first kappa shape index (κ1) is 14.1. The molecule has 0 spiro atoms. The van der Waals surface area contributed by atoms with Crippen LogP contribution in [0.2, 0.25) is 0 Å². The van der Waals surface area contributed by atoms with E-state index in [1.54, 1.807) is 0 Å². The number of rotatable bonds is 4. The zero-order valence-corrected chi connectivity index (χ0v) is 11.9. The predicted octanol–water partition coefficient (Wildman–Crippen LogP) is 2.09. The summed E-state index contributed by atoms with van der Waals surface area (Å²) in [6, 6.07) is 6.54. The van der Waals surface area contributed by atoms with E-state index in [1.165, 1.54) is 16.7 Å². The molecule has 1 aliphatic carbocycles. The van der Waals surface area contributed by atoms with Crippen molar-refractivity contribution in [2.45, 2.75) is 45.6 Å². The van der Waals surface area contributed by atoms with Gasteiger partial charge in [-0.2, -0.15) is 0 Å². The lowest BCUT2D eigenvalue weighted by atomic mass is 10.00. The molecule has 19 heavy (non-hydrogen) atoms. The molecule has 2 rings (SSSR count). The monoisotopic (exact) mass is 260 g/mol. The Kier molecular flexibility index (Phi) is 4.59. The van der Waals surface area contributed by atoms with Crippen molar-refractivity contribution in [3.05, 3.63) is 34.9 Å². The smallest absolute Gasteiger partial charge is 0.223 e. The highest BCUT2D eigenvalue weighted by Gasteiger charge is 2.27. The van der Waals surface area contributed by atoms with E-state index in [0.29, 0.717) is 0 Å². The van der Waals surface area contributed by atoms with Crippen molar-refractivity contribution in [1.29, 1.82) is 0 Å². The van der Waals surface area contributed by atoms with E-state index in [0.717, 1.165) is 32.2 Å². The highest BCUT2D eigenvalue weighted by Crippen LogP contribution is 2.24. The first-order chi connectivity index (χ1) is 9.08. The van der Waals surface area contributed by atoms with Crippen molar-refractivity contribution < 1.29 is 4.79 Å². The van der Waals surface area contributed by atoms with Gasteiger partial charge in [0.05, 0.1) is 0 Å². The highest BCUT2D eigenvalue weighted by atomic mass is 16.1. The van der Waals surface area contributed by atoms with Gasteiger partial charge < -0.3 is 11.1 Å². The SMILES string of the molecule is Cc1cccc(C)c1CCNC(=O)C1CCC(N)C1. The van der Waals surface area contributed by atoms with Crippen molar-refractivity contribution in [2.75, 3.05) is 6.54 Å². The number of amides is 1. The van der Waals surface area contributed by atoms with Crippen LogP contribution in [0.4, 0.5) is 0 Å². The van der Waals surface area contributed by atoms with Crippen LogP contribution in [-0.2, 0) is 11.2 Å². The molecular weight excluding hydrogens is 236 g/mol. The number of benzene rings is 1. The molecule has 3 nitrogen and oxygen atoms in total. The second kappa shape index (κ2) is 6.20. The molecular formula is C16H24N2O. The molecule has 2 atom stereocenters. The fraction of sp³-hybridized carbons (Fsp3) is 0.562. The van der Waals surface area contributed by atoms with Crippen molar-refractivity contribution in [2.24, 2.45) is 11.7 Å². The molecule has 0 heterocycles. The quantitative estimate of drug-likeness (QED) is 0.871. The molecule has 0 aromatic heterocycles. The van der Waals surface area contributed by atoms with Gasteiger partial charge >= 0.3 is 0 Å². The van der Waals surface area contributed by atoms with Crippen LogP contribution >= 0.6 is 0 Å². The average Bonchev–Trinajstić information content (AvgIpc) is 2.79. The molecule has 104 valence electrons. The minimum absolute atomic E-state index is 0.132. The number of nitrogens with two attached hydrogens (primary N) is 1. The van der Waals surface area contributed by atoms with Gasteiger partial charge in [0, 0.05) is 18.5 Å². The van der Waals surface area contributed by atoms with E-state index in [4.69, 9.17) is 5.73 Å². The zero-order chi connectivity index (χ0) is 13.8. The number of aryl methyl sites for hydroxylation is 2. The Morgan fingerprint density at radius 2 is 2.00 bits per heavy atom. The van der Waals surface area contributed by atoms with E-state index in [1.807, 2.05) is 0 Å². The van der Waals surface area contributed by atoms with E-state index in [9.17, 15) is 4.79 Å². The maximum absolute atomic E-state index is 12.0. The number of hydrogen-bond donors (Lipinski definition) is 2. The van der Waals surface area contributed by atoms with Crippen LogP contribution in [0.1, 0.15) is 36.0 Å². The fourth-order valence-electron chi connectivity index (χ4n) is 2.95. The number of carbonyl (C=O) groups excluding carboxylic acids is 1. The number of hydrogen-bond acceptors (Lipinski definition) is 2. The lowest BCUT2D eigenvalue weighted by molar-refractivity contribution is -0.124. The molecule has 1 aromatic carbocycles. The van der Waals surface area contributed by atoms with E-state index in [2.05, 4.69) is 37.4 Å². The van der Waals surface area contributed by atoms with Crippen LogP contribution < -0.4 is 11.1 Å². The van der Waals surface area contributed by atoms with Crippen LogP contribution in [0.25, 0.3) is 0 Å². The third-order valence-corrected chi connectivity index (χ3v) is 4.16.